The van der Waals surface area contributed by atoms with Crippen LogP contribution in [0.4, 0.5) is 11.4 Å². The van der Waals surface area contributed by atoms with Gasteiger partial charge in [0.05, 0.1) is 5.97 Å². The van der Waals surface area contributed by atoms with E-state index in [-0.39, 0.29) is 56.3 Å². The summed E-state index contributed by atoms with van der Waals surface area (Å²) in [4.78, 5) is 21.1. The summed E-state index contributed by atoms with van der Waals surface area (Å²) in [6.07, 6.45) is 1.54. The predicted octanol–water partition coefficient (Wildman–Crippen LogP) is -0.231. The number of hydrogen-bond donors (Lipinski definition) is 2. The van der Waals surface area contributed by atoms with Crippen LogP contribution in [0.5, 0.6) is 0 Å². The fourth-order valence-corrected chi connectivity index (χ4v) is 0.894. The second kappa shape index (κ2) is 9.32. The molecule has 0 aromatic heterocycles. The third-order valence-corrected chi connectivity index (χ3v) is 1.55. The maximum atomic E-state index is 11.1. The van der Waals surface area contributed by atoms with Crippen LogP contribution in [0.1, 0.15) is 7.43 Å². The second-order valence-corrected chi connectivity index (χ2v) is 2.76. The minimum Gasteiger partial charge on any atom is -0.545 e. The quantitative estimate of drug-likeness (QED) is 0.443. The van der Waals surface area contributed by atoms with Gasteiger partial charge in [0.2, 0.25) is 5.91 Å². The molecule has 0 atom stereocenters. The first-order valence-corrected chi connectivity index (χ1v) is 4.13. The van der Waals surface area contributed by atoms with Crippen molar-refractivity contribution in [2.45, 2.75) is 7.43 Å². The molecular weight excluding hydrogens is 345 g/mol. The number of nitrogens with one attached hydrogen (secondary N) is 1. The molecule has 1 aromatic carbocycles. The van der Waals surface area contributed by atoms with Crippen LogP contribution in [0, 0.1) is 0 Å². The summed E-state index contributed by atoms with van der Waals surface area (Å²) in [7, 11) is 0. The van der Waals surface area contributed by atoms with Crippen LogP contribution in [-0.2, 0) is 9.59 Å². The number of anilines is 2. The van der Waals surface area contributed by atoms with Gasteiger partial charge in [-0.2, -0.15) is 0 Å². The summed E-state index contributed by atoms with van der Waals surface area (Å²) in [6.45, 7) is 0. The van der Waals surface area contributed by atoms with Crippen molar-refractivity contribution in [2.75, 3.05) is 11.1 Å². The fraction of sp³-hybridized carbons (Fsp3) is 0.0909. The van der Waals surface area contributed by atoms with Crippen LogP contribution < -0.4 is 16.2 Å². The number of amides is 1. The molecule has 0 saturated heterocycles. The van der Waals surface area contributed by atoms with Crippen molar-refractivity contribution in [3.63, 3.8) is 0 Å². The van der Waals surface area contributed by atoms with Crippen molar-refractivity contribution in [3.8, 4) is 0 Å². The number of hydrogen-bond acceptors (Lipinski definition) is 4. The Kier molecular flexibility index (Phi) is 10.2. The number of benzene rings is 1. The van der Waals surface area contributed by atoms with Crippen LogP contribution in [0.3, 0.4) is 0 Å². The summed E-state index contributed by atoms with van der Waals surface area (Å²) < 4.78 is 0. The molecule has 0 aliphatic carbocycles. The Balaban J connectivity index is 0. The van der Waals surface area contributed by atoms with Crippen molar-refractivity contribution in [3.05, 3.63) is 36.4 Å². The van der Waals surface area contributed by atoms with Gasteiger partial charge in [0.25, 0.3) is 0 Å². The molecule has 1 rings (SSSR count). The number of nitrogen functional groups attached to an aromatic ring is 1. The Bertz CT molecular complexity index is 402. The van der Waals surface area contributed by atoms with Gasteiger partial charge >= 0.3 is 48.9 Å². The van der Waals surface area contributed by atoms with E-state index in [0.29, 0.717) is 17.5 Å². The van der Waals surface area contributed by atoms with Gasteiger partial charge in [-0.15, -0.1) is 0 Å². The van der Waals surface area contributed by atoms with Gasteiger partial charge in [0.1, 0.15) is 0 Å². The minimum atomic E-state index is -1.41. The molecule has 0 bridgehead atoms. The van der Waals surface area contributed by atoms with E-state index >= 15 is 0 Å². The molecule has 0 heterocycles. The first-order chi connectivity index (χ1) is 7.08. The van der Waals surface area contributed by atoms with Gasteiger partial charge in [-0.1, -0.05) is 7.43 Å². The molecule has 6 heteroatoms. The summed E-state index contributed by atoms with van der Waals surface area (Å²) in [5.41, 5.74) is 6.56. The molecule has 0 radical (unpaired) electrons. The number of nitrogens with two attached hydrogens (primary N) is 1. The third kappa shape index (κ3) is 8.06. The van der Waals surface area contributed by atoms with Gasteiger partial charge in [-0.05, 0) is 30.3 Å². The zero-order chi connectivity index (χ0) is 11.3. The topological polar surface area (TPSA) is 95.2 Å². The molecule has 1 amide bonds. The normalized spacial score (nSPS) is 8.94. The Morgan fingerprint density at radius 3 is 2.18 bits per heavy atom. The molecule has 0 saturated carbocycles. The van der Waals surface area contributed by atoms with Crippen molar-refractivity contribution in [1.82, 2.24) is 0 Å². The standard InChI is InChI=1S/C10H10N2O3.CH4.Ba/c11-7-1-3-8(4-2-7)12-9(13)5-6-10(14)15;;/h1-6H,11H2,(H,12,13)(H,14,15);1H4;/q;;+2/p-1/b6-5-;;. The average Bonchev–Trinajstić information content (AvgIpc) is 2.19. The van der Waals surface area contributed by atoms with Crippen LogP contribution in [0.15, 0.2) is 36.4 Å². The number of carbonyl (C=O) groups excluding carboxylic acids is 2. The van der Waals surface area contributed by atoms with Gasteiger partial charge in [0.15, 0.2) is 0 Å². The van der Waals surface area contributed by atoms with E-state index < -0.39 is 11.9 Å². The van der Waals surface area contributed by atoms with Gasteiger partial charge in [-0.25, -0.2) is 0 Å². The summed E-state index contributed by atoms with van der Waals surface area (Å²) in [5, 5.41) is 12.5. The third-order valence-electron chi connectivity index (χ3n) is 1.55. The van der Waals surface area contributed by atoms with E-state index in [4.69, 9.17) is 5.73 Å². The van der Waals surface area contributed by atoms with E-state index in [1.165, 1.54) is 0 Å². The van der Waals surface area contributed by atoms with Crippen molar-refractivity contribution >= 4 is 72.1 Å². The van der Waals surface area contributed by atoms with E-state index in [1.807, 2.05) is 0 Å². The first-order valence-electron chi connectivity index (χ1n) is 4.13. The predicted molar refractivity (Wildman–Crippen MR) is 66.1 cm³/mol. The number of carbonyl (C=O) groups is 2. The number of carboxylic acid groups (broad SMARTS) is 1. The van der Waals surface area contributed by atoms with Crippen LogP contribution in [-0.4, -0.2) is 60.8 Å². The zero-order valence-electron chi connectivity index (χ0n) is 8.47. The Morgan fingerprint density at radius 1 is 1.18 bits per heavy atom. The van der Waals surface area contributed by atoms with E-state index in [0.717, 1.165) is 6.08 Å². The molecule has 5 nitrogen and oxygen atoms in total. The molecular formula is C11H13BaN2O3+. The Hall–Kier alpha value is -0.729. The summed E-state index contributed by atoms with van der Waals surface area (Å²) in [6, 6.07) is 6.47. The first kappa shape index (κ1) is 18.6. The average molecular weight is 359 g/mol. The minimum absolute atomic E-state index is 0. The number of rotatable bonds is 3. The second-order valence-electron chi connectivity index (χ2n) is 2.76. The molecule has 17 heavy (non-hydrogen) atoms. The Labute approximate surface area is 140 Å². The summed E-state index contributed by atoms with van der Waals surface area (Å²) in [5.74, 6) is -1.95. The number of carboxylic acids is 1. The fourth-order valence-electron chi connectivity index (χ4n) is 0.894. The van der Waals surface area contributed by atoms with E-state index in [1.54, 1.807) is 24.3 Å². The Morgan fingerprint density at radius 2 is 1.71 bits per heavy atom. The largest absolute Gasteiger partial charge is 2.00 e. The van der Waals surface area contributed by atoms with Crippen molar-refractivity contribution < 1.29 is 14.7 Å². The van der Waals surface area contributed by atoms with Crippen molar-refractivity contribution in [1.29, 1.82) is 0 Å². The molecule has 0 aliphatic rings. The van der Waals surface area contributed by atoms with Gasteiger partial charge in [0, 0.05) is 17.5 Å². The molecule has 0 spiro atoms. The molecule has 0 unspecified atom stereocenters. The molecule has 3 N–H and O–H groups in total. The SMILES string of the molecule is C.Nc1ccc(NC(=O)/C=C\C(=O)[O-])cc1.[Ba+2]. The molecule has 0 aliphatic heterocycles. The monoisotopic (exact) mass is 359 g/mol. The van der Waals surface area contributed by atoms with E-state index in [2.05, 4.69) is 5.32 Å². The van der Waals surface area contributed by atoms with Crippen LogP contribution >= 0.6 is 0 Å². The summed E-state index contributed by atoms with van der Waals surface area (Å²) >= 11 is 0. The van der Waals surface area contributed by atoms with Gasteiger partial charge in [-0.3, -0.25) is 4.79 Å². The number of aliphatic carboxylic acids is 1. The molecule has 1 aromatic rings. The van der Waals surface area contributed by atoms with E-state index in [9.17, 15) is 14.7 Å². The van der Waals surface area contributed by atoms with Crippen LogP contribution in [0.25, 0.3) is 0 Å². The maximum absolute atomic E-state index is 11.1. The smallest absolute Gasteiger partial charge is 0.545 e. The van der Waals surface area contributed by atoms with Crippen LogP contribution in [0.2, 0.25) is 0 Å². The maximum Gasteiger partial charge on any atom is 2.00 e. The molecule has 0 fully saturated rings. The molecule has 86 valence electrons. The van der Waals surface area contributed by atoms with Crippen molar-refractivity contribution in [2.24, 2.45) is 0 Å². The zero-order valence-corrected chi connectivity index (χ0v) is 12.9. The van der Waals surface area contributed by atoms with Gasteiger partial charge < -0.3 is 21.0 Å².